The van der Waals surface area contributed by atoms with E-state index in [1.165, 1.54) is 0 Å². The summed E-state index contributed by atoms with van der Waals surface area (Å²) in [6.07, 6.45) is 0.854. The van der Waals surface area contributed by atoms with E-state index in [4.69, 9.17) is 9.47 Å². The maximum absolute atomic E-state index is 11.9. The molecule has 1 unspecified atom stereocenters. The molecule has 4 heteroatoms. The molecular weight excluding hydrogens is 244 g/mol. The quantitative estimate of drug-likeness (QED) is 0.581. The minimum atomic E-state index is -0.519. The van der Waals surface area contributed by atoms with E-state index in [1.54, 1.807) is 0 Å². The lowest BCUT2D eigenvalue weighted by Gasteiger charge is -2.32. The molecule has 108 valence electrons. The molecule has 4 nitrogen and oxygen atoms in total. The first-order chi connectivity index (χ1) is 8.48. The van der Waals surface area contributed by atoms with Gasteiger partial charge >= 0.3 is 11.9 Å². The highest BCUT2D eigenvalue weighted by Crippen LogP contribution is 2.30. The molecule has 1 saturated heterocycles. The third-order valence-corrected chi connectivity index (χ3v) is 2.78. The fourth-order valence-corrected chi connectivity index (χ4v) is 2.60. The Kier molecular flexibility index (Phi) is 4.43. The van der Waals surface area contributed by atoms with Gasteiger partial charge in [-0.1, -0.05) is 27.4 Å². The minimum absolute atomic E-state index is 0.0812. The van der Waals surface area contributed by atoms with Gasteiger partial charge in [-0.05, 0) is 25.7 Å². The van der Waals surface area contributed by atoms with Gasteiger partial charge in [-0.3, -0.25) is 4.79 Å². The third kappa shape index (κ3) is 5.45. The van der Waals surface area contributed by atoms with Crippen LogP contribution in [0.3, 0.4) is 0 Å². The second-order valence-corrected chi connectivity index (χ2v) is 7.01. The third-order valence-electron chi connectivity index (χ3n) is 2.78. The molecule has 0 saturated carbocycles. The summed E-state index contributed by atoms with van der Waals surface area (Å²) < 4.78 is 10.5. The van der Waals surface area contributed by atoms with Crippen LogP contribution in [0, 0.1) is 5.41 Å². The lowest BCUT2D eigenvalue weighted by atomic mass is 9.83. The van der Waals surface area contributed by atoms with Crippen LogP contribution in [0.2, 0.25) is 0 Å². The number of cyclic esters (lactones) is 1. The van der Waals surface area contributed by atoms with Gasteiger partial charge in [0, 0.05) is 12.0 Å². The van der Waals surface area contributed by atoms with Gasteiger partial charge in [0.05, 0.1) is 6.42 Å². The van der Waals surface area contributed by atoms with Crippen LogP contribution in [0.25, 0.3) is 0 Å². The summed E-state index contributed by atoms with van der Waals surface area (Å²) in [4.78, 5) is 23.0. The highest BCUT2D eigenvalue weighted by Gasteiger charge is 2.33. The molecule has 0 N–H and O–H groups in total. The van der Waals surface area contributed by atoms with Crippen molar-refractivity contribution in [3.8, 4) is 0 Å². The summed E-state index contributed by atoms with van der Waals surface area (Å²) in [6.45, 7) is 13.7. The van der Waals surface area contributed by atoms with Crippen LogP contribution in [0.15, 0.2) is 12.2 Å². The largest absolute Gasteiger partial charge is 0.460 e. The van der Waals surface area contributed by atoms with Crippen LogP contribution in [0.4, 0.5) is 0 Å². The van der Waals surface area contributed by atoms with Crippen LogP contribution < -0.4 is 0 Å². The van der Waals surface area contributed by atoms with E-state index in [-0.39, 0.29) is 17.8 Å². The molecule has 1 aliphatic rings. The fraction of sp³-hybridized carbons (Fsp3) is 0.733. The fourth-order valence-electron chi connectivity index (χ4n) is 2.60. The summed E-state index contributed by atoms with van der Waals surface area (Å²) in [5.74, 6) is -0.742. The molecule has 1 heterocycles. The normalized spacial score (nSPS) is 20.4. The Labute approximate surface area is 115 Å². The average molecular weight is 268 g/mol. The number of esters is 2. The lowest BCUT2D eigenvalue weighted by Crippen LogP contribution is -2.33. The maximum atomic E-state index is 11.9. The van der Waals surface area contributed by atoms with E-state index in [2.05, 4.69) is 27.4 Å². The number of carbonyl (C=O) groups excluding carboxylic acids is 2. The monoisotopic (exact) mass is 268 g/mol. The van der Waals surface area contributed by atoms with Gasteiger partial charge in [0.1, 0.15) is 11.7 Å². The van der Waals surface area contributed by atoms with E-state index in [0.717, 1.165) is 6.42 Å². The SMILES string of the molecule is C=C1CC(CC(=O)OC(C)(C)CC(C)(C)C)OC1=O. The second-order valence-electron chi connectivity index (χ2n) is 7.01. The van der Waals surface area contributed by atoms with Crippen molar-refractivity contribution in [2.24, 2.45) is 5.41 Å². The van der Waals surface area contributed by atoms with Gasteiger partial charge in [-0.15, -0.1) is 0 Å². The summed E-state index contributed by atoms with van der Waals surface area (Å²) >= 11 is 0. The first kappa shape index (κ1) is 15.7. The van der Waals surface area contributed by atoms with Crippen molar-refractivity contribution in [1.82, 2.24) is 0 Å². The number of rotatable bonds is 4. The van der Waals surface area contributed by atoms with Crippen molar-refractivity contribution < 1.29 is 19.1 Å². The zero-order chi connectivity index (χ0) is 14.8. The molecule has 0 amide bonds. The highest BCUT2D eigenvalue weighted by atomic mass is 16.6. The molecule has 0 aromatic carbocycles. The Morgan fingerprint density at radius 3 is 2.37 bits per heavy atom. The number of hydrogen-bond donors (Lipinski definition) is 0. The number of ether oxygens (including phenoxy) is 2. The van der Waals surface area contributed by atoms with Crippen molar-refractivity contribution in [3.63, 3.8) is 0 Å². The molecule has 0 bridgehead atoms. The van der Waals surface area contributed by atoms with Crippen LogP contribution in [-0.2, 0) is 19.1 Å². The molecule has 0 aliphatic carbocycles. The molecule has 0 spiro atoms. The molecule has 0 aromatic heterocycles. The van der Waals surface area contributed by atoms with Crippen molar-refractivity contribution in [1.29, 1.82) is 0 Å². The second kappa shape index (κ2) is 5.35. The van der Waals surface area contributed by atoms with Crippen LogP contribution in [0.5, 0.6) is 0 Å². The summed E-state index contributed by atoms with van der Waals surface area (Å²) in [6, 6.07) is 0. The zero-order valence-corrected chi connectivity index (χ0v) is 12.5. The van der Waals surface area contributed by atoms with Crippen molar-refractivity contribution in [3.05, 3.63) is 12.2 Å². The van der Waals surface area contributed by atoms with E-state index in [0.29, 0.717) is 12.0 Å². The van der Waals surface area contributed by atoms with E-state index >= 15 is 0 Å². The molecule has 0 radical (unpaired) electrons. The van der Waals surface area contributed by atoms with Crippen LogP contribution in [-0.4, -0.2) is 23.6 Å². The summed E-state index contributed by atoms with van der Waals surface area (Å²) in [7, 11) is 0. The summed E-state index contributed by atoms with van der Waals surface area (Å²) in [5, 5.41) is 0. The minimum Gasteiger partial charge on any atom is -0.460 e. The van der Waals surface area contributed by atoms with Gasteiger partial charge in [0.15, 0.2) is 0 Å². The molecule has 1 atom stereocenters. The molecular formula is C15H24O4. The topological polar surface area (TPSA) is 52.6 Å². The molecule has 1 fully saturated rings. The van der Waals surface area contributed by atoms with E-state index in [1.807, 2.05) is 13.8 Å². The Bertz CT molecular complexity index is 371. The lowest BCUT2D eigenvalue weighted by molar-refractivity contribution is -0.162. The van der Waals surface area contributed by atoms with E-state index in [9.17, 15) is 9.59 Å². The predicted molar refractivity (Wildman–Crippen MR) is 72.5 cm³/mol. The van der Waals surface area contributed by atoms with Crippen LogP contribution in [0.1, 0.15) is 53.9 Å². The van der Waals surface area contributed by atoms with Crippen LogP contribution >= 0.6 is 0 Å². The van der Waals surface area contributed by atoms with Crippen molar-refractivity contribution >= 4 is 11.9 Å². The Balaban J connectivity index is 2.47. The predicted octanol–water partition coefficient (Wildman–Crippen LogP) is 3.01. The average Bonchev–Trinajstić information content (AvgIpc) is 2.38. The van der Waals surface area contributed by atoms with Gasteiger partial charge in [-0.2, -0.15) is 0 Å². The first-order valence-corrected chi connectivity index (χ1v) is 6.59. The molecule has 0 aromatic rings. The Morgan fingerprint density at radius 1 is 1.37 bits per heavy atom. The molecule has 19 heavy (non-hydrogen) atoms. The number of carbonyl (C=O) groups is 2. The van der Waals surface area contributed by atoms with Gasteiger partial charge in [-0.25, -0.2) is 4.79 Å². The standard InChI is InChI=1S/C15H24O4/c1-10-7-11(18-13(10)17)8-12(16)19-15(5,6)9-14(2,3)4/h11H,1,7-9H2,2-6H3. The summed E-state index contributed by atoms with van der Waals surface area (Å²) in [5.41, 5.74) is -0.0147. The molecule has 1 rings (SSSR count). The Morgan fingerprint density at radius 2 is 1.95 bits per heavy atom. The van der Waals surface area contributed by atoms with Gasteiger partial charge in [0.2, 0.25) is 0 Å². The number of hydrogen-bond acceptors (Lipinski definition) is 4. The molecule has 1 aliphatic heterocycles. The Hall–Kier alpha value is -1.32. The van der Waals surface area contributed by atoms with Crippen molar-refractivity contribution in [2.75, 3.05) is 0 Å². The zero-order valence-electron chi connectivity index (χ0n) is 12.5. The van der Waals surface area contributed by atoms with Crippen molar-refractivity contribution in [2.45, 2.75) is 65.6 Å². The highest BCUT2D eigenvalue weighted by molar-refractivity contribution is 5.90. The maximum Gasteiger partial charge on any atom is 0.333 e. The first-order valence-electron chi connectivity index (χ1n) is 6.59. The van der Waals surface area contributed by atoms with E-state index < -0.39 is 17.7 Å². The van der Waals surface area contributed by atoms with Gasteiger partial charge in [0.25, 0.3) is 0 Å². The van der Waals surface area contributed by atoms with Gasteiger partial charge < -0.3 is 9.47 Å². The smallest absolute Gasteiger partial charge is 0.333 e.